The van der Waals surface area contributed by atoms with E-state index in [1.165, 1.54) is 0 Å². The van der Waals surface area contributed by atoms with Crippen LogP contribution in [0.3, 0.4) is 0 Å². The zero-order valence-electron chi connectivity index (χ0n) is 7.94. The van der Waals surface area contributed by atoms with Crippen LogP contribution in [0.25, 0.3) is 0 Å². The van der Waals surface area contributed by atoms with E-state index in [2.05, 4.69) is 10.6 Å². The second-order valence-electron chi connectivity index (χ2n) is 4.55. The number of urea groups is 1. The maximum Gasteiger partial charge on any atom is 0.322 e. The number of hydrogen-bond donors (Lipinski definition) is 2. The van der Waals surface area contributed by atoms with Gasteiger partial charge in [-0.2, -0.15) is 0 Å². The Morgan fingerprint density at radius 3 is 2.31 bits per heavy atom. The summed E-state index contributed by atoms with van der Waals surface area (Å²) in [5.41, 5.74) is -0.757. The molecule has 0 radical (unpaired) electrons. The standard InChI is InChI=1S/C9H14N2O2/c1-8(2)4-3-5-9(8)6(12)10-7(13)11-9/h3-5H2,1-2H3,(H2,10,11,12,13)/t9-/m1/s1. The van der Waals surface area contributed by atoms with Gasteiger partial charge in [0.25, 0.3) is 5.91 Å². The van der Waals surface area contributed by atoms with Crippen LogP contribution < -0.4 is 10.6 Å². The van der Waals surface area contributed by atoms with Gasteiger partial charge < -0.3 is 5.32 Å². The maximum atomic E-state index is 11.6. The highest BCUT2D eigenvalue weighted by atomic mass is 16.2. The quantitative estimate of drug-likeness (QED) is 0.544. The smallest absolute Gasteiger partial charge is 0.322 e. The number of carbonyl (C=O) groups excluding carboxylic acids is 2. The summed E-state index contributed by atoms with van der Waals surface area (Å²) in [6.45, 7) is 4.07. The van der Waals surface area contributed by atoms with Crippen molar-refractivity contribution >= 4 is 11.9 Å². The molecule has 1 saturated carbocycles. The summed E-state index contributed by atoms with van der Waals surface area (Å²) in [5.74, 6) is -0.153. The molecule has 2 rings (SSSR count). The average Bonchev–Trinajstić information content (AvgIpc) is 2.40. The fourth-order valence-corrected chi connectivity index (χ4v) is 2.49. The Balaban J connectivity index is 2.40. The van der Waals surface area contributed by atoms with Crippen molar-refractivity contribution in [1.82, 2.24) is 10.6 Å². The van der Waals surface area contributed by atoms with Crippen molar-refractivity contribution in [3.8, 4) is 0 Å². The topological polar surface area (TPSA) is 58.2 Å². The number of hydrogen-bond acceptors (Lipinski definition) is 2. The van der Waals surface area contributed by atoms with Gasteiger partial charge in [-0.3, -0.25) is 10.1 Å². The van der Waals surface area contributed by atoms with Crippen molar-refractivity contribution < 1.29 is 9.59 Å². The van der Waals surface area contributed by atoms with E-state index in [0.29, 0.717) is 0 Å². The molecule has 1 heterocycles. The third-order valence-corrected chi connectivity index (χ3v) is 3.45. The highest BCUT2D eigenvalue weighted by molar-refractivity contribution is 6.07. The Hall–Kier alpha value is -1.06. The van der Waals surface area contributed by atoms with Gasteiger partial charge in [0.2, 0.25) is 0 Å². The summed E-state index contributed by atoms with van der Waals surface area (Å²) in [4.78, 5) is 22.7. The van der Waals surface area contributed by atoms with Gasteiger partial charge in [0.1, 0.15) is 5.54 Å². The monoisotopic (exact) mass is 182 g/mol. The molecule has 13 heavy (non-hydrogen) atoms. The molecule has 1 saturated heterocycles. The molecule has 4 heteroatoms. The molecule has 1 atom stereocenters. The molecule has 72 valence electrons. The molecular weight excluding hydrogens is 168 g/mol. The van der Waals surface area contributed by atoms with Crippen LogP contribution in [0.15, 0.2) is 0 Å². The van der Waals surface area contributed by atoms with Crippen molar-refractivity contribution in [2.45, 2.75) is 38.6 Å². The molecule has 2 fully saturated rings. The molecule has 0 unspecified atom stereocenters. The minimum Gasteiger partial charge on any atom is -0.323 e. The first kappa shape index (κ1) is 8.53. The van der Waals surface area contributed by atoms with Crippen molar-refractivity contribution in [1.29, 1.82) is 0 Å². The Bertz CT molecular complexity index is 285. The molecule has 0 aromatic carbocycles. The fourth-order valence-electron chi connectivity index (χ4n) is 2.49. The molecule has 2 N–H and O–H groups in total. The van der Waals surface area contributed by atoms with E-state index in [0.717, 1.165) is 19.3 Å². The summed E-state index contributed by atoms with van der Waals surface area (Å²) in [6.07, 6.45) is 2.75. The molecule has 0 aromatic rings. The predicted molar refractivity (Wildman–Crippen MR) is 47.0 cm³/mol. The van der Waals surface area contributed by atoms with Gasteiger partial charge in [0.05, 0.1) is 0 Å². The van der Waals surface area contributed by atoms with Crippen LogP contribution in [0, 0.1) is 5.41 Å². The van der Waals surface area contributed by atoms with Crippen LogP contribution in [0.1, 0.15) is 33.1 Å². The van der Waals surface area contributed by atoms with Crippen LogP contribution in [0.5, 0.6) is 0 Å². The summed E-state index contributed by atoms with van der Waals surface area (Å²) in [7, 11) is 0. The fraction of sp³-hybridized carbons (Fsp3) is 0.778. The zero-order chi connectivity index (χ0) is 9.69. The summed E-state index contributed by atoms with van der Waals surface area (Å²) < 4.78 is 0. The number of amides is 3. The lowest BCUT2D eigenvalue weighted by Gasteiger charge is -2.34. The van der Waals surface area contributed by atoms with Crippen molar-refractivity contribution in [2.24, 2.45) is 5.41 Å². The van der Waals surface area contributed by atoms with E-state index in [4.69, 9.17) is 0 Å². The Morgan fingerprint density at radius 1 is 1.23 bits per heavy atom. The average molecular weight is 182 g/mol. The first-order valence-corrected chi connectivity index (χ1v) is 4.62. The Morgan fingerprint density at radius 2 is 1.92 bits per heavy atom. The minimum atomic E-state index is -0.635. The van der Waals surface area contributed by atoms with Crippen molar-refractivity contribution in [2.75, 3.05) is 0 Å². The molecule has 1 spiro atoms. The van der Waals surface area contributed by atoms with Crippen LogP contribution in [-0.2, 0) is 4.79 Å². The third kappa shape index (κ3) is 0.913. The summed E-state index contributed by atoms with van der Waals surface area (Å²) in [6, 6.07) is -0.347. The molecule has 3 amide bonds. The number of imide groups is 1. The van der Waals surface area contributed by atoms with E-state index in [9.17, 15) is 9.59 Å². The molecular formula is C9H14N2O2. The molecule has 0 aromatic heterocycles. The van der Waals surface area contributed by atoms with E-state index in [1.54, 1.807) is 0 Å². The maximum absolute atomic E-state index is 11.6. The van der Waals surface area contributed by atoms with Crippen molar-refractivity contribution in [3.63, 3.8) is 0 Å². The lowest BCUT2D eigenvalue weighted by molar-refractivity contribution is -0.126. The highest BCUT2D eigenvalue weighted by Crippen LogP contribution is 2.47. The van der Waals surface area contributed by atoms with E-state index >= 15 is 0 Å². The van der Waals surface area contributed by atoms with Crippen LogP contribution in [0.4, 0.5) is 4.79 Å². The van der Waals surface area contributed by atoms with Gasteiger partial charge >= 0.3 is 6.03 Å². The van der Waals surface area contributed by atoms with Crippen molar-refractivity contribution in [3.05, 3.63) is 0 Å². The lowest BCUT2D eigenvalue weighted by atomic mass is 9.75. The molecule has 0 bridgehead atoms. The Labute approximate surface area is 77.1 Å². The van der Waals surface area contributed by atoms with Gasteiger partial charge in [-0.15, -0.1) is 0 Å². The first-order chi connectivity index (χ1) is 5.98. The SMILES string of the molecule is CC1(C)CCC[C@]12NC(=O)NC2=O. The highest BCUT2D eigenvalue weighted by Gasteiger charge is 2.58. The van der Waals surface area contributed by atoms with Gasteiger partial charge in [-0.25, -0.2) is 4.79 Å². The lowest BCUT2D eigenvalue weighted by Crippen LogP contribution is -2.54. The summed E-state index contributed by atoms with van der Waals surface area (Å²) >= 11 is 0. The third-order valence-electron chi connectivity index (χ3n) is 3.45. The van der Waals surface area contributed by atoms with E-state index < -0.39 is 5.54 Å². The first-order valence-electron chi connectivity index (χ1n) is 4.62. The van der Waals surface area contributed by atoms with E-state index in [-0.39, 0.29) is 17.4 Å². The second-order valence-corrected chi connectivity index (χ2v) is 4.55. The van der Waals surface area contributed by atoms with Crippen LogP contribution in [0.2, 0.25) is 0 Å². The molecule has 1 aliphatic heterocycles. The molecule has 4 nitrogen and oxygen atoms in total. The predicted octanol–water partition coefficient (Wildman–Crippen LogP) is 0.775. The van der Waals surface area contributed by atoms with Gasteiger partial charge in [-0.1, -0.05) is 13.8 Å². The second kappa shape index (κ2) is 2.25. The van der Waals surface area contributed by atoms with Gasteiger partial charge in [0.15, 0.2) is 0 Å². The largest absolute Gasteiger partial charge is 0.323 e. The normalized spacial score (nSPS) is 36.5. The Kier molecular flexibility index (Phi) is 1.47. The summed E-state index contributed by atoms with van der Waals surface area (Å²) in [5, 5.41) is 5.09. The molecule has 2 aliphatic rings. The number of rotatable bonds is 0. The minimum absolute atomic E-state index is 0.122. The van der Waals surface area contributed by atoms with E-state index in [1.807, 2.05) is 13.8 Å². The number of nitrogens with one attached hydrogen (secondary N) is 2. The number of carbonyl (C=O) groups is 2. The van der Waals surface area contributed by atoms with Gasteiger partial charge in [-0.05, 0) is 24.7 Å². The van der Waals surface area contributed by atoms with Crippen LogP contribution >= 0.6 is 0 Å². The molecule has 1 aliphatic carbocycles. The van der Waals surface area contributed by atoms with Gasteiger partial charge in [0, 0.05) is 0 Å². The van der Waals surface area contributed by atoms with Crippen LogP contribution in [-0.4, -0.2) is 17.5 Å². The zero-order valence-corrected chi connectivity index (χ0v) is 7.94.